The van der Waals surface area contributed by atoms with Gasteiger partial charge in [-0.05, 0) is 19.4 Å². The van der Waals surface area contributed by atoms with Crippen LogP contribution in [-0.4, -0.2) is 28.6 Å². The van der Waals surface area contributed by atoms with Crippen LogP contribution in [0, 0.1) is 6.92 Å². The number of nitrogens with zero attached hydrogens (tertiary/aromatic N) is 1. The number of rotatable bonds is 6. The van der Waals surface area contributed by atoms with Crippen LogP contribution in [0.15, 0.2) is 40.5 Å². The third kappa shape index (κ3) is 5.55. The van der Waals surface area contributed by atoms with E-state index in [0.717, 1.165) is 16.9 Å². The van der Waals surface area contributed by atoms with E-state index in [1.54, 1.807) is 12.3 Å². The van der Waals surface area contributed by atoms with Gasteiger partial charge in [-0.15, -0.1) is 0 Å². The van der Waals surface area contributed by atoms with E-state index in [0.29, 0.717) is 5.69 Å². The lowest BCUT2D eigenvalue weighted by Crippen LogP contribution is -2.44. The van der Waals surface area contributed by atoms with Crippen molar-refractivity contribution in [1.82, 2.24) is 15.2 Å². The molecule has 2 N–H and O–H groups in total. The van der Waals surface area contributed by atoms with Crippen LogP contribution in [0.3, 0.4) is 0 Å². The van der Waals surface area contributed by atoms with Crippen molar-refractivity contribution in [2.24, 2.45) is 0 Å². The number of ether oxygens (including phenoxy) is 1. The Morgan fingerprint density at radius 1 is 1.23 bits per heavy atom. The van der Waals surface area contributed by atoms with Gasteiger partial charge in [0.25, 0.3) is 5.91 Å². The number of aromatic nitrogens is 1. The Morgan fingerprint density at radius 2 is 1.92 bits per heavy atom. The molecule has 2 rings (SSSR count). The molecule has 26 heavy (non-hydrogen) atoms. The van der Waals surface area contributed by atoms with Crippen LogP contribution in [0.25, 0.3) is 0 Å². The minimum Gasteiger partial charge on any atom is -0.451 e. The van der Waals surface area contributed by atoms with Gasteiger partial charge in [0, 0.05) is 17.6 Å². The first kappa shape index (κ1) is 19.4. The smallest absolute Gasteiger partial charge is 0.326 e. The van der Waals surface area contributed by atoms with Gasteiger partial charge >= 0.3 is 16.9 Å². The molecule has 8 nitrogen and oxygen atoms in total. The van der Waals surface area contributed by atoms with E-state index < -0.39 is 24.0 Å². The summed E-state index contributed by atoms with van der Waals surface area (Å²) >= 11 is 0.978. The Hall–Kier alpha value is -2.94. The lowest BCUT2D eigenvalue weighted by molar-refractivity contribution is -0.155. The molecule has 2 aromatic rings. The summed E-state index contributed by atoms with van der Waals surface area (Å²) < 4.78 is 6.23. The molecule has 0 saturated carbocycles. The van der Waals surface area contributed by atoms with Crippen molar-refractivity contribution in [3.8, 4) is 0 Å². The summed E-state index contributed by atoms with van der Waals surface area (Å²) in [6.07, 6.45) is -1.17. The molecule has 0 unspecified atom stereocenters. The quantitative estimate of drug-likeness (QED) is 0.735. The number of carbonyl (C=O) groups excluding carboxylic acids is 3. The van der Waals surface area contributed by atoms with Crippen molar-refractivity contribution < 1.29 is 19.1 Å². The van der Waals surface area contributed by atoms with E-state index >= 15 is 0 Å². The van der Waals surface area contributed by atoms with Gasteiger partial charge in [0.15, 0.2) is 6.10 Å². The summed E-state index contributed by atoms with van der Waals surface area (Å²) in [6.45, 7) is 3.01. The fourth-order valence-corrected chi connectivity index (χ4v) is 2.78. The monoisotopic (exact) mass is 377 g/mol. The number of hydrogen-bond acceptors (Lipinski definition) is 6. The lowest BCUT2D eigenvalue weighted by Gasteiger charge is -2.14. The number of nitrogens with one attached hydrogen (secondary N) is 2. The fraction of sp³-hybridized carbons (Fsp3) is 0.294. The zero-order valence-corrected chi connectivity index (χ0v) is 15.2. The molecule has 3 amide bonds. The predicted molar refractivity (Wildman–Crippen MR) is 95.7 cm³/mol. The van der Waals surface area contributed by atoms with Gasteiger partial charge in [-0.1, -0.05) is 41.7 Å². The summed E-state index contributed by atoms with van der Waals surface area (Å²) in [5.41, 5.74) is 1.51. The van der Waals surface area contributed by atoms with Crippen molar-refractivity contribution in [3.05, 3.63) is 56.6 Å². The van der Waals surface area contributed by atoms with Gasteiger partial charge in [0.2, 0.25) is 0 Å². The third-order valence-corrected chi connectivity index (χ3v) is 4.35. The van der Waals surface area contributed by atoms with E-state index in [1.165, 1.54) is 11.5 Å². The molecule has 0 spiro atoms. The number of benzene rings is 1. The number of carbonyl (C=O) groups is 3. The normalized spacial score (nSPS) is 11.5. The molecular weight excluding hydrogens is 358 g/mol. The number of hydrogen-bond donors (Lipinski definition) is 2. The Bertz CT molecular complexity index is 844. The molecular formula is C17H19N3O5S. The van der Waals surface area contributed by atoms with Crippen molar-refractivity contribution in [3.63, 3.8) is 0 Å². The zero-order valence-electron chi connectivity index (χ0n) is 14.4. The number of esters is 1. The van der Waals surface area contributed by atoms with Crippen LogP contribution in [0.5, 0.6) is 0 Å². The van der Waals surface area contributed by atoms with Crippen LogP contribution in [0.1, 0.15) is 18.2 Å². The van der Waals surface area contributed by atoms with Crippen LogP contribution in [0.4, 0.5) is 4.79 Å². The van der Waals surface area contributed by atoms with Crippen molar-refractivity contribution in [2.45, 2.75) is 33.0 Å². The molecule has 1 heterocycles. The average Bonchev–Trinajstić information content (AvgIpc) is 2.92. The molecule has 0 bridgehead atoms. The zero-order chi connectivity index (χ0) is 19.1. The van der Waals surface area contributed by atoms with Crippen LogP contribution in [-0.2, 0) is 27.4 Å². The number of urea groups is 1. The molecule has 0 radical (unpaired) electrons. The van der Waals surface area contributed by atoms with Gasteiger partial charge < -0.3 is 10.1 Å². The number of thiazole rings is 1. The standard InChI is InChI=1S/C17H19N3O5S/c1-11-10-26-17(24)20(11)9-14(21)25-12(2)15(22)19-16(23)18-8-13-6-4-3-5-7-13/h3-7,10,12H,8-9H2,1-2H3,(H2,18,19,22,23)/t12-/m0/s1. The van der Waals surface area contributed by atoms with Crippen LogP contribution in [0.2, 0.25) is 0 Å². The van der Waals surface area contributed by atoms with E-state index in [1.807, 2.05) is 30.3 Å². The minimum atomic E-state index is -1.17. The number of imide groups is 1. The first-order valence-electron chi connectivity index (χ1n) is 7.84. The van der Waals surface area contributed by atoms with E-state index in [-0.39, 0.29) is 18.0 Å². The van der Waals surface area contributed by atoms with Crippen LogP contribution >= 0.6 is 11.3 Å². The Kier molecular flexibility index (Phi) is 6.67. The molecule has 9 heteroatoms. The van der Waals surface area contributed by atoms with Gasteiger partial charge in [0.1, 0.15) is 6.54 Å². The molecule has 0 aliphatic carbocycles. The van der Waals surface area contributed by atoms with Gasteiger partial charge in [-0.3, -0.25) is 24.3 Å². The van der Waals surface area contributed by atoms with Gasteiger partial charge in [-0.2, -0.15) is 0 Å². The molecule has 1 atom stereocenters. The Balaban J connectivity index is 1.78. The highest BCUT2D eigenvalue weighted by molar-refractivity contribution is 7.07. The second kappa shape index (κ2) is 8.95. The van der Waals surface area contributed by atoms with Crippen molar-refractivity contribution in [1.29, 1.82) is 0 Å². The summed E-state index contributed by atoms with van der Waals surface area (Å²) in [5.74, 6) is -1.49. The van der Waals surface area contributed by atoms with Gasteiger partial charge in [-0.25, -0.2) is 4.79 Å². The third-order valence-electron chi connectivity index (χ3n) is 3.47. The first-order chi connectivity index (χ1) is 12.4. The SMILES string of the molecule is Cc1csc(=O)n1CC(=O)O[C@@H](C)C(=O)NC(=O)NCc1ccccc1. The van der Waals surface area contributed by atoms with E-state index in [9.17, 15) is 19.2 Å². The molecule has 0 aliphatic rings. The largest absolute Gasteiger partial charge is 0.451 e. The summed E-state index contributed by atoms with van der Waals surface area (Å²) in [6, 6.07) is 8.51. The minimum absolute atomic E-state index is 0.258. The molecule has 0 aliphatic heterocycles. The second-order valence-corrected chi connectivity index (χ2v) is 6.34. The lowest BCUT2D eigenvalue weighted by atomic mass is 10.2. The average molecular weight is 377 g/mol. The van der Waals surface area contributed by atoms with Crippen molar-refractivity contribution >= 4 is 29.2 Å². The summed E-state index contributed by atoms with van der Waals surface area (Å²) in [7, 11) is 0. The maximum atomic E-state index is 11.9. The molecule has 0 saturated heterocycles. The molecule has 138 valence electrons. The predicted octanol–water partition coefficient (Wildman–Crippen LogP) is 1.18. The topological polar surface area (TPSA) is 106 Å². The van der Waals surface area contributed by atoms with E-state index in [4.69, 9.17) is 4.74 Å². The van der Waals surface area contributed by atoms with E-state index in [2.05, 4.69) is 10.6 Å². The first-order valence-corrected chi connectivity index (χ1v) is 8.72. The molecule has 0 fully saturated rings. The van der Waals surface area contributed by atoms with Gasteiger partial charge in [0.05, 0.1) is 0 Å². The number of aryl methyl sites for hydroxylation is 1. The Labute approximate surface area is 153 Å². The highest BCUT2D eigenvalue weighted by atomic mass is 32.1. The molecule has 1 aromatic carbocycles. The maximum absolute atomic E-state index is 11.9. The van der Waals surface area contributed by atoms with Crippen molar-refractivity contribution in [2.75, 3.05) is 0 Å². The number of amides is 3. The second-order valence-electron chi connectivity index (χ2n) is 5.52. The highest BCUT2D eigenvalue weighted by Gasteiger charge is 2.20. The van der Waals surface area contributed by atoms with Crippen LogP contribution < -0.4 is 15.5 Å². The fourth-order valence-electron chi connectivity index (χ4n) is 2.05. The maximum Gasteiger partial charge on any atom is 0.326 e. The Morgan fingerprint density at radius 3 is 2.54 bits per heavy atom. The highest BCUT2D eigenvalue weighted by Crippen LogP contribution is 2.01. The molecule has 1 aromatic heterocycles. The summed E-state index contributed by atoms with van der Waals surface area (Å²) in [4.78, 5) is 46.8. The summed E-state index contributed by atoms with van der Waals surface area (Å²) in [5, 5.41) is 6.27.